The number of aromatic nitrogens is 2. The first-order chi connectivity index (χ1) is 9.29. The molecule has 0 saturated carbocycles. The van der Waals surface area contributed by atoms with E-state index in [2.05, 4.69) is 21.4 Å². The Balaban J connectivity index is 2.04. The van der Waals surface area contributed by atoms with Gasteiger partial charge in [-0.2, -0.15) is 5.26 Å². The van der Waals surface area contributed by atoms with Crippen molar-refractivity contribution in [3.05, 3.63) is 59.7 Å². The fourth-order valence-electron chi connectivity index (χ4n) is 1.92. The number of aryl methyl sites for hydroxylation is 1. The summed E-state index contributed by atoms with van der Waals surface area (Å²) in [5, 5.41) is 12.3. The van der Waals surface area contributed by atoms with Gasteiger partial charge in [-0.1, -0.05) is 30.3 Å². The summed E-state index contributed by atoms with van der Waals surface area (Å²) < 4.78 is 0. The maximum atomic E-state index is 8.92. The molecule has 0 bridgehead atoms. The molecule has 2 aromatic rings. The summed E-state index contributed by atoms with van der Waals surface area (Å²) in [5.41, 5.74) is 2.06. The van der Waals surface area contributed by atoms with E-state index in [0.29, 0.717) is 13.0 Å². The van der Waals surface area contributed by atoms with E-state index in [9.17, 15) is 0 Å². The lowest BCUT2D eigenvalue weighted by Gasteiger charge is -2.16. The molecule has 0 aliphatic carbocycles. The molecular formula is C15H16N4. The number of rotatable bonds is 5. The fourth-order valence-corrected chi connectivity index (χ4v) is 1.92. The van der Waals surface area contributed by atoms with Crippen molar-refractivity contribution < 1.29 is 0 Å². The van der Waals surface area contributed by atoms with Crippen LogP contribution in [0.2, 0.25) is 0 Å². The molecule has 1 heterocycles. The normalized spacial score (nSPS) is 11.8. The minimum absolute atomic E-state index is 0.0291. The van der Waals surface area contributed by atoms with Gasteiger partial charge in [0, 0.05) is 18.8 Å². The third-order valence-electron chi connectivity index (χ3n) is 2.86. The summed E-state index contributed by atoms with van der Waals surface area (Å²) in [6.45, 7) is 2.50. The number of hydrogen-bond donors (Lipinski definition) is 1. The van der Waals surface area contributed by atoms with Crippen LogP contribution in [0.15, 0.2) is 42.6 Å². The Bertz CT molecular complexity index is 560. The number of nitriles is 1. The molecule has 1 aromatic heterocycles. The van der Waals surface area contributed by atoms with Crippen LogP contribution in [0, 0.1) is 18.3 Å². The van der Waals surface area contributed by atoms with Crippen molar-refractivity contribution in [2.75, 3.05) is 0 Å². The van der Waals surface area contributed by atoms with E-state index < -0.39 is 0 Å². The van der Waals surface area contributed by atoms with Gasteiger partial charge in [-0.05, 0) is 18.6 Å². The predicted molar refractivity (Wildman–Crippen MR) is 73.0 cm³/mol. The zero-order valence-electron chi connectivity index (χ0n) is 10.9. The summed E-state index contributed by atoms with van der Waals surface area (Å²) >= 11 is 0. The second-order valence-electron chi connectivity index (χ2n) is 4.30. The van der Waals surface area contributed by atoms with Crippen molar-refractivity contribution in [3.8, 4) is 6.07 Å². The van der Waals surface area contributed by atoms with Gasteiger partial charge in [-0.3, -0.25) is 0 Å². The van der Waals surface area contributed by atoms with Crippen molar-refractivity contribution in [3.63, 3.8) is 0 Å². The number of hydrogen-bond acceptors (Lipinski definition) is 4. The molecule has 0 saturated heterocycles. The van der Waals surface area contributed by atoms with Gasteiger partial charge in [0.05, 0.1) is 18.2 Å². The fraction of sp³-hybridized carbons (Fsp3) is 0.267. The standard InChI is InChI=1S/C15H16N4/c1-12-17-10-8-14(19-12)11-18-15(7-9-16)13-5-3-2-4-6-13/h2-6,8,10,15,18H,7,11H2,1H3. The largest absolute Gasteiger partial charge is 0.303 e. The van der Waals surface area contributed by atoms with E-state index in [1.807, 2.05) is 43.3 Å². The zero-order chi connectivity index (χ0) is 13.5. The molecule has 2 rings (SSSR count). The summed E-state index contributed by atoms with van der Waals surface area (Å²) in [5.74, 6) is 0.760. The summed E-state index contributed by atoms with van der Waals surface area (Å²) in [6.07, 6.45) is 2.19. The van der Waals surface area contributed by atoms with Gasteiger partial charge in [0.1, 0.15) is 5.82 Å². The Morgan fingerprint density at radius 2 is 2.05 bits per heavy atom. The van der Waals surface area contributed by atoms with Crippen LogP contribution in [-0.2, 0) is 6.54 Å². The van der Waals surface area contributed by atoms with E-state index >= 15 is 0 Å². The van der Waals surface area contributed by atoms with E-state index in [1.165, 1.54) is 0 Å². The highest BCUT2D eigenvalue weighted by Gasteiger charge is 2.10. The van der Waals surface area contributed by atoms with Gasteiger partial charge < -0.3 is 5.32 Å². The SMILES string of the molecule is Cc1nccc(CNC(CC#N)c2ccccc2)n1. The lowest BCUT2D eigenvalue weighted by Crippen LogP contribution is -2.21. The molecule has 1 atom stereocenters. The average Bonchev–Trinajstić information content (AvgIpc) is 2.44. The molecule has 96 valence electrons. The molecule has 0 fully saturated rings. The van der Waals surface area contributed by atoms with Crippen molar-refractivity contribution in [1.29, 1.82) is 5.26 Å². The van der Waals surface area contributed by atoms with E-state index in [0.717, 1.165) is 17.1 Å². The first-order valence-electron chi connectivity index (χ1n) is 6.23. The first-order valence-corrected chi connectivity index (χ1v) is 6.23. The van der Waals surface area contributed by atoms with Gasteiger partial charge >= 0.3 is 0 Å². The highest BCUT2D eigenvalue weighted by molar-refractivity contribution is 5.20. The Labute approximate surface area is 113 Å². The molecule has 0 radical (unpaired) electrons. The highest BCUT2D eigenvalue weighted by atomic mass is 14.9. The summed E-state index contributed by atoms with van der Waals surface area (Å²) in [4.78, 5) is 8.41. The molecule has 0 aliphatic heterocycles. The molecule has 4 heteroatoms. The summed E-state index contributed by atoms with van der Waals surface area (Å²) in [7, 11) is 0. The molecule has 1 N–H and O–H groups in total. The van der Waals surface area contributed by atoms with Gasteiger partial charge in [0.2, 0.25) is 0 Å². The third kappa shape index (κ3) is 3.87. The van der Waals surface area contributed by atoms with Gasteiger partial charge in [0.15, 0.2) is 0 Å². The zero-order valence-corrected chi connectivity index (χ0v) is 10.9. The molecule has 0 aliphatic rings. The summed E-state index contributed by atoms with van der Waals surface area (Å²) in [6, 6.07) is 14.1. The average molecular weight is 252 g/mol. The van der Waals surface area contributed by atoms with Crippen LogP contribution in [0.25, 0.3) is 0 Å². The monoisotopic (exact) mass is 252 g/mol. The molecule has 19 heavy (non-hydrogen) atoms. The Hall–Kier alpha value is -2.25. The molecular weight excluding hydrogens is 236 g/mol. The Kier molecular flexibility index (Phi) is 4.60. The van der Waals surface area contributed by atoms with Crippen LogP contribution in [0.4, 0.5) is 0 Å². The molecule has 0 amide bonds. The van der Waals surface area contributed by atoms with Crippen molar-refractivity contribution in [1.82, 2.24) is 15.3 Å². The van der Waals surface area contributed by atoms with Crippen molar-refractivity contribution >= 4 is 0 Å². The maximum Gasteiger partial charge on any atom is 0.125 e. The molecule has 1 unspecified atom stereocenters. The Morgan fingerprint density at radius 3 is 2.74 bits per heavy atom. The number of benzene rings is 1. The first kappa shape index (κ1) is 13.2. The van der Waals surface area contributed by atoms with Crippen molar-refractivity contribution in [2.24, 2.45) is 0 Å². The highest BCUT2D eigenvalue weighted by Crippen LogP contribution is 2.16. The van der Waals surface area contributed by atoms with E-state index in [-0.39, 0.29) is 6.04 Å². The third-order valence-corrected chi connectivity index (χ3v) is 2.86. The lowest BCUT2D eigenvalue weighted by atomic mass is 10.0. The number of nitrogens with zero attached hydrogens (tertiary/aromatic N) is 3. The van der Waals surface area contributed by atoms with Gasteiger partial charge in [0.25, 0.3) is 0 Å². The maximum absolute atomic E-state index is 8.92. The molecule has 0 spiro atoms. The topological polar surface area (TPSA) is 61.6 Å². The van der Waals surface area contributed by atoms with E-state index in [4.69, 9.17) is 5.26 Å². The van der Waals surface area contributed by atoms with Crippen LogP contribution in [-0.4, -0.2) is 9.97 Å². The number of nitrogens with one attached hydrogen (secondary N) is 1. The minimum Gasteiger partial charge on any atom is -0.303 e. The van der Waals surface area contributed by atoms with E-state index in [1.54, 1.807) is 6.20 Å². The van der Waals surface area contributed by atoms with Crippen LogP contribution in [0.5, 0.6) is 0 Å². The van der Waals surface area contributed by atoms with Gasteiger partial charge in [-0.15, -0.1) is 0 Å². The molecule has 1 aromatic carbocycles. The van der Waals surface area contributed by atoms with Crippen LogP contribution in [0.1, 0.15) is 29.5 Å². The van der Waals surface area contributed by atoms with Crippen LogP contribution < -0.4 is 5.32 Å². The van der Waals surface area contributed by atoms with Crippen molar-refractivity contribution in [2.45, 2.75) is 25.9 Å². The predicted octanol–water partition coefficient (Wildman–Crippen LogP) is 2.53. The second-order valence-corrected chi connectivity index (χ2v) is 4.30. The van der Waals surface area contributed by atoms with Crippen LogP contribution in [0.3, 0.4) is 0 Å². The van der Waals surface area contributed by atoms with Gasteiger partial charge in [-0.25, -0.2) is 9.97 Å². The smallest absolute Gasteiger partial charge is 0.125 e. The second kappa shape index (κ2) is 6.62. The quantitative estimate of drug-likeness (QED) is 0.888. The van der Waals surface area contributed by atoms with Crippen LogP contribution >= 0.6 is 0 Å². The molecule has 4 nitrogen and oxygen atoms in total. The lowest BCUT2D eigenvalue weighted by molar-refractivity contribution is 0.535. The Morgan fingerprint density at radius 1 is 1.26 bits per heavy atom. The minimum atomic E-state index is 0.0291.